The predicted molar refractivity (Wildman–Crippen MR) is 54.7 cm³/mol. The van der Waals surface area contributed by atoms with E-state index in [1.807, 2.05) is 36.2 Å². The molecule has 0 bridgehead atoms. The average Bonchev–Trinajstić information content (AvgIpc) is 2.05. The third kappa shape index (κ3) is 2.20. The maximum atomic E-state index is 5.21. The smallest absolute Gasteiger partial charge is 0.0805 e. The Morgan fingerprint density at radius 1 is 1.50 bits per heavy atom. The van der Waals surface area contributed by atoms with Crippen LogP contribution in [0.15, 0.2) is 28.7 Å². The van der Waals surface area contributed by atoms with E-state index in [1.165, 1.54) is 0 Å². The zero-order valence-electron chi connectivity index (χ0n) is 6.92. The quantitative estimate of drug-likeness (QED) is 0.467. The molecule has 12 heavy (non-hydrogen) atoms. The molecule has 1 aromatic rings. The third-order valence-electron chi connectivity index (χ3n) is 1.59. The Balaban J connectivity index is 2.79. The van der Waals surface area contributed by atoms with Gasteiger partial charge in [0.05, 0.1) is 12.4 Å². The molecule has 0 unspecified atom stereocenters. The van der Waals surface area contributed by atoms with Crippen molar-refractivity contribution in [2.24, 2.45) is 5.84 Å². The SMILES string of the molecule is CN(CNN)c1ccccc1Br. The number of rotatable bonds is 3. The van der Waals surface area contributed by atoms with Gasteiger partial charge in [-0.05, 0) is 28.1 Å². The summed E-state index contributed by atoms with van der Waals surface area (Å²) in [5.74, 6) is 5.21. The van der Waals surface area contributed by atoms with Crippen molar-refractivity contribution in [2.45, 2.75) is 0 Å². The van der Waals surface area contributed by atoms with Crippen LogP contribution in [0.25, 0.3) is 0 Å². The van der Waals surface area contributed by atoms with Gasteiger partial charge in [-0.25, -0.2) is 5.43 Å². The molecule has 1 rings (SSSR count). The van der Waals surface area contributed by atoms with Gasteiger partial charge in [-0.2, -0.15) is 0 Å². The van der Waals surface area contributed by atoms with Gasteiger partial charge in [0.1, 0.15) is 0 Å². The molecular formula is C8H12BrN3. The maximum Gasteiger partial charge on any atom is 0.0805 e. The molecule has 0 atom stereocenters. The zero-order valence-corrected chi connectivity index (χ0v) is 8.51. The molecule has 0 saturated heterocycles. The van der Waals surface area contributed by atoms with Crippen LogP contribution in [0.2, 0.25) is 0 Å². The van der Waals surface area contributed by atoms with Gasteiger partial charge in [0.2, 0.25) is 0 Å². The highest BCUT2D eigenvalue weighted by Crippen LogP contribution is 2.23. The van der Waals surface area contributed by atoms with Crippen LogP contribution in [-0.4, -0.2) is 13.7 Å². The van der Waals surface area contributed by atoms with Gasteiger partial charge < -0.3 is 4.90 Å². The second-order valence-corrected chi connectivity index (χ2v) is 3.37. The summed E-state index contributed by atoms with van der Waals surface area (Å²) in [4.78, 5) is 2.02. The average molecular weight is 230 g/mol. The molecule has 0 aromatic heterocycles. The fourth-order valence-electron chi connectivity index (χ4n) is 0.983. The summed E-state index contributed by atoms with van der Waals surface area (Å²) < 4.78 is 1.07. The number of hydrogen-bond donors (Lipinski definition) is 2. The molecule has 66 valence electrons. The summed E-state index contributed by atoms with van der Waals surface area (Å²) in [6.07, 6.45) is 0. The molecule has 0 aliphatic heterocycles. The van der Waals surface area contributed by atoms with Crippen LogP contribution in [0.3, 0.4) is 0 Å². The van der Waals surface area contributed by atoms with Crippen molar-refractivity contribution in [1.82, 2.24) is 5.43 Å². The van der Waals surface area contributed by atoms with Gasteiger partial charge >= 0.3 is 0 Å². The van der Waals surface area contributed by atoms with Gasteiger partial charge in [-0.3, -0.25) is 5.84 Å². The van der Waals surface area contributed by atoms with Crippen LogP contribution in [-0.2, 0) is 0 Å². The van der Waals surface area contributed by atoms with Gasteiger partial charge in [-0.1, -0.05) is 12.1 Å². The van der Waals surface area contributed by atoms with E-state index in [1.54, 1.807) is 0 Å². The molecule has 3 nitrogen and oxygen atoms in total. The monoisotopic (exact) mass is 229 g/mol. The molecule has 0 aliphatic carbocycles. The Kier molecular flexibility index (Phi) is 3.52. The molecule has 3 N–H and O–H groups in total. The Hall–Kier alpha value is -0.580. The van der Waals surface area contributed by atoms with E-state index in [2.05, 4.69) is 21.4 Å². The highest BCUT2D eigenvalue weighted by atomic mass is 79.9. The lowest BCUT2D eigenvalue weighted by molar-refractivity contribution is 0.717. The van der Waals surface area contributed by atoms with E-state index in [0.29, 0.717) is 6.67 Å². The van der Waals surface area contributed by atoms with Gasteiger partial charge in [0.15, 0.2) is 0 Å². The number of nitrogens with zero attached hydrogens (tertiary/aromatic N) is 1. The molecule has 0 fully saturated rings. The minimum Gasteiger partial charge on any atom is -0.360 e. The van der Waals surface area contributed by atoms with Crippen LogP contribution >= 0.6 is 15.9 Å². The second-order valence-electron chi connectivity index (χ2n) is 2.51. The molecule has 4 heteroatoms. The van der Waals surface area contributed by atoms with Crippen LogP contribution < -0.4 is 16.2 Å². The highest BCUT2D eigenvalue weighted by molar-refractivity contribution is 9.10. The number of para-hydroxylation sites is 1. The molecule has 0 radical (unpaired) electrons. The summed E-state index contributed by atoms with van der Waals surface area (Å²) in [6.45, 7) is 0.628. The fraction of sp³-hybridized carbons (Fsp3) is 0.250. The lowest BCUT2D eigenvalue weighted by Gasteiger charge is -2.19. The first-order valence-electron chi connectivity index (χ1n) is 3.65. The van der Waals surface area contributed by atoms with Gasteiger partial charge in [-0.15, -0.1) is 0 Å². The number of nitrogens with two attached hydrogens (primary N) is 1. The summed E-state index contributed by atoms with van der Waals surface area (Å²) in [5, 5.41) is 0. The molecule has 0 saturated carbocycles. The molecule has 0 heterocycles. The second kappa shape index (κ2) is 4.45. The van der Waals surface area contributed by atoms with Crippen LogP contribution in [0.1, 0.15) is 0 Å². The maximum absolute atomic E-state index is 5.21. The number of anilines is 1. The number of benzene rings is 1. The van der Waals surface area contributed by atoms with E-state index in [-0.39, 0.29) is 0 Å². The van der Waals surface area contributed by atoms with Crippen molar-refractivity contribution < 1.29 is 0 Å². The van der Waals surface area contributed by atoms with E-state index in [0.717, 1.165) is 10.2 Å². The van der Waals surface area contributed by atoms with Crippen molar-refractivity contribution in [3.8, 4) is 0 Å². The number of halogens is 1. The lowest BCUT2D eigenvalue weighted by Crippen LogP contribution is -2.35. The number of hydrazine groups is 1. The van der Waals surface area contributed by atoms with Gasteiger partial charge in [0, 0.05) is 11.5 Å². The van der Waals surface area contributed by atoms with Crippen molar-refractivity contribution >= 4 is 21.6 Å². The molecule has 0 amide bonds. The van der Waals surface area contributed by atoms with Crippen molar-refractivity contribution in [1.29, 1.82) is 0 Å². The topological polar surface area (TPSA) is 41.3 Å². The standard InChI is InChI=1S/C8H12BrN3/c1-12(6-11-10)8-5-3-2-4-7(8)9/h2-5,11H,6,10H2,1H3. The van der Waals surface area contributed by atoms with E-state index >= 15 is 0 Å². The zero-order chi connectivity index (χ0) is 8.97. The highest BCUT2D eigenvalue weighted by Gasteiger charge is 2.01. The van der Waals surface area contributed by atoms with E-state index in [9.17, 15) is 0 Å². The Labute approximate surface area is 80.6 Å². The van der Waals surface area contributed by atoms with Gasteiger partial charge in [0.25, 0.3) is 0 Å². The normalized spacial score (nSPS) is 9.92. The Morgan fingerprint density at radius 3 is 2.75 bits per heavy atom. The molecule has 0 spiro atoms. The van der Waals surface area contributed by atoms with Crippen LogP contribution in [0.4, 0.5) is 5.69 Å². The Bertz CT molecular complexity index is 252. The van der Waals surface area contributed by atoms with Crippen LogP contribution in [0, 0.1) is 0 Å². The Morgan fingerprint density at radius 2 is 2.17 bits per heavy atom. The van der Waals surface area contributed by atoms with Crippen molar-refractivity contribution in [2.75, 3.05) is 18.6 Å². The minimum absolute atomic E-state index is 0.628. The first-order valence-corrected chi connectivity index (χ1v) is 4.44. The summed E-state index contributed by atoms with van der Waals surface area (Å²) >= 11 is 3.46. The summed E-state index contributed by atoms with van der Waals surface area (Å²) in [7, 11) is 1.97. The minimum atomic E-state index is 0.628. The van der Waals surface area contributed by atoms with Crippen molar-refractivity contribution in [3.05, 3.63) is 28.7 Å². The first-order chi connectivity index (χ1) is 5.75. The largest absolute Gasteiger partial charge is 0.360 e. The molecule has 1 aromatic carbocycles. The lowest BCUT2D eigenvalue weighted by atomic mass is 10.3. The van der Waals surface area contributed by atoms with Crippen LogP contribution in [0.5, 0.6) is 0 Å². The van der Waals surface area contributed by atoms with E-state index in [4.69, 9.17) is 5.84 Å². The van der Waals surface area contributed by atoms with E-state index < -0.39 is 0 Å². The first kappa shape index (κ1) is 9.51. The molecular weight excluding hydrogens is 218 g/mol. The third-order valence-corrected chi connectivity index (χ3v) is 2.26. The number of nitrogens with one attached hydrogen (secondary N) is 1. The summed E-state index contributed by atoms with van der Waals surface area (Å²) in [5.41, 5.74) is 3.72. The van der Waals surface area contributed by atoms with Crippen molar-refractivity contribution in [3.63, 3.8) is 0 Å². The number of hydrogen-bond acceptors (Lipinski definition) is 3. The molecule has 0 aliphatic rings. The fourth-order valence-corrected chi connectivity index (χ4v) is 1.57. The summed E-state index contributed by atoms with van der Waals surface area (Å²) in [6, 6.07) is 8.01. The predicted octanol–water partition coefficient (Wildman–Crippen LogP) is 1.31.